The van der Waals surface area contributed by atoms with Gasteiger partial charge in [0.05, 0.1) is 19.3 Å². The summed E-state index contributed by atoms with van der Waals surface area (Å²) in [4.78, 5) is 2.50. The van der Waals surface area contributed by atoms with Crippen LogP contribution in [0.25, 0.3) is 0 Å². The minimum Gasteiger partial charge on any atom is -0.393 e. The van der Waals surface area contributed by atoms with Crippen LogP contribution in [0, 0.1) is 5.41 Å². The van der Waals surface area contributed by atoms with Crippen LogP contribution in [0.2, 0.25) is 0 Å². The quantitative estimate of drug-likeness (QED) is 0.838. The molecule has 1 heterocycles. The summed E-state index contributed by atoms with van der Waals surface area (Å²) < 4.78 is 5.75. The van der Waals surface area contributed by atoms with Crippen LogP contribution in [-0.4, -0.2) is 42.4 Å². The SMILES string of the molecule is OC1CC2(CCN(CCOCc3ccccc3)CC2)C1. The van der Waals surface area contributed by atoms with E-state index in [4.69, 9.17) is 4.74 Å². The lowest BCUT2D eigenvalue weighted by molar-refractivity contribution is -0.0704. The van der Waals surface area contributed by atoms with Crippen LogP contribution >= 0.6 is 0 Å². The monoisotopic (exact) mass is 275 g/mol. The molecule has 1 saturated carbocycles. The molecule has 2 fully saturated rings. The maximum Gasteiger partial charge on any atom is 0.0717 e. The van der Waals surface area contributed by atoms with Crippen molar-refractivity contribution in [3.8, 4) is 0 Å². The minimum absolute atomic E-state index is 0.0178. The summed E-state index contributed by atoms with van der Waals surface area (Å²) in [5, 5.41) is 9.48. The summed E-state index contributed by atoms with van der Waals surface area (Å²) in [5.41, 5.74) is 1.73. The van der Waals surface area contributed by atoms with Gasteiger partial charge in [0.25, 0.3) is 0 Å². The summed E-state index contributed by atoms with van der Waals surface area (Å²) in [7, 11) is 0. The van der Waals surface area contributed by atoms with Crippen LogP contribution in [-0.2, 0) is 11.3 Å². The van der Waals surface area contributed by atoms with Gasteiger partial charge in [0.15, 0.2) is 0 Å². The highest BCUT2D eigenvalue weighted by atomic mass is 16.5. The van der Waals surface area contributed by atoms with E-state index in [9.17, 15) is 5.11 Å². The van der Waals surface area contributed by atoms with Gasteiger partial charge in [-0.1, -0.05) is 30.3 Å². The molecule has 1 aromatic rings. The molecule has 1 spiro atoms. The zero-order valence-corrected chi connectivity index (χ0v) is 12.1. The number of hydrogen-bond acceptors (Lipinski definition) is 3. The minimum atomic E-state index is -0.0178. The first-order valence-corrected chi connectivity index (χ1v) is 7.78. The molecule has 0 aromatic heterocycles. The standard InChI is InChI=1S/C17H25NO2/c19-16-12-17(13-16)6-8-18(9-7-17)10-11-20-14-15-4-2-1-3-5-15/h1-5,16,19H,6-14H2. The molecule has 0 amide bonds. The smallest absolute Gasteiger partial charge is 0.0717 e. The van der Waals surface area contributed by atoms with Crippen LogP contribution < -0.4 is 0 Å². The lowest BCUT2D eigenvalue weighted by Crippen LogP contribution is -2.49. The number of rotatable bonds is 5. The highest BCUT2D eigenvalue weighted by Gasteiger charge is 2.44. The molecule has 1 saturated heterocycles. The lowest BCUT2D eigenvalue weighted by atomic mass is 9.61. The summed E-state index contributed by atoms with van der Waals surface area (Å²) in [5.74, 6) is 0. The van der Waals surface area contributed by atoms with Crippen LogP contribution in [0.3, 0.4) is 0 Å². The fraction of sp³-hybridized carbons (Fsp3) is 0.647. The largest absolute Gasteiger partial charge is 0.393 e. The number of aliphatic hydroxyl groups is 1. The van der Waals surface area contributed by atoms with E-state index in [-0.39, 0.29) is 6.10 Å². The van der Waals surface area contributed by atoms with Crippen LogP contribution in [0.1, 0.15) is 31.2 Å². The second-order valence-corrected chi connectivity index (χ2v) is 6.44. The molecule has 3 nitrogen and oxygen atoms in total. The summed E-state index contributed by atoms with van der Waals surface area (Å²) in [6, 6.07) is 10.3. The molecule has 1 aromatic carbocycles. The highest BCUT2D eigenvalue weighted by Crippen LogP contribution is 2.48. The van der Waals surface area contributed by atoms with Crippen molar-refractivity contribution in [1.29, 1.82) is 0 Å². The molecule has 0 unspecified atom stereocenters. The molecule has 110 valence electrons. The van der Waals surface area contributed by atoms with E-state index < -0.39 is 0 Å². The number of piperidine rings is 1. The second-order valence-electron chi connectivity index (χ2n) is 6.44. The molecule has 0 bridgehead atoms. The third kappa shape index (κ3) is 3.40. The second kappa shape index (κ2) is 6.25. The van der Waals surface area contributed by atoms with Gasteiger partial charge in [0, 0.05) is 6.54 Å². The first-order valence-electron chi connectivity index (χ1n) is 7.78. The van der Waals surface area contributed by atoms with Gasteiger partial charge in [-0.05, 0) is 49.8 Å². The molecule has 0 radical (unpaired) electrons. The Hall–Kier alpha value is -0.900. The Bertz CT molecular complexity index is 404. The zero-order chi connectivity index (χ0) is 13.8. The Morgan fingerprint density at radius 3 is 2.50 bits per heavy atom. The first-order chi connectivity index (χ1) is 9.76. The van der Waals surface area contributed by atoms with E-state index in [0.717, 1.165) is 26.0 Å². The molecule has 20 heavy (non-hydrogen) atoms. The average Bonchev–Trinajstić information content (AvgIpc) is 2.45. The van der Waals surface area contributed by atoms with Crippen molar-refractivity contribution in [3.63, 3.8) is 0 Å². The van der Waals surface area contributed by atoms with Gasteiger partial charge in [0.2, 0.25) is 0 Å². The van der Waals surface area contributed by atoms with Gasteiger partial charge < -0.3 is 14.7 Å². The van der Waals surface area contributed by atoms with Gasteiger partial charge in [-0.2, -0.15) is 0 Å². The number of likely N-dealkylation sites (tertiary alicyclic amines) is 1. The molecule has 0 atom stereocenters. The van der Waals surface area contributed by atoms with Crippen molar-refractivity contribution in [3.05, 3.63) is 35.9 Å². The van der Waals surface area contributed by atoms with Crippen molar-refractivity contribution < 1.29 is 9.84 Å². The van der Waals surface area contributed by atoms with Gasteiger partial charge >= 0.3 is 0 Å². The molecule has 3 rings (SSSR count). The van der Waals surface area contributed by atoms with Crippen LogP contribution in [0.4, 0.5) is 0 Å². The number of aliphatic hydroxyl groups excluding tert-OH is 1. The predicted molar refractivity (Wildman–Crippen MR) is 79.4 cm³/mol. The maximum atomic E-state index is 9.48. The van der Waals surface area contributed by atoms with Crippen LogP contribution in [0.5, 0.6) is 0 Å². The molecular formula is C17H25NO2. The van der Waals surface area contributed by atoms with Crippen molar-refractivity contribution in [2.75, 3.05) is 26.2 Å². The Balaban J connectivity index is 1.30. The molecule has 1 aliphatic heterocycles. The third-order valence-electron chi connectivity index (χ3n) is 4.92. The van der Waals surface area contributed by atoms with Gasteiger partial charge in [0.1, 0.15) is 0 Å². The fourth-order valence-corrected chi connectivity index (χ4v) is 3.56. The van der Waals surface area contributed by atoms with E-state index in [0.29, 0.717) is 12.0 Å². The number of benzene rings is 1. The Kier molecular flexibility index (Phi) is 4.39. The Morgan fingerprint density at radius 1 is 1.15 bits per heavy atom. The third-order valence-corrected chi connectivity index (χ3v) is 4.92. The van der Waals surface area contributed by atoms with E-state index >= 15 is 0 Å². The van der Waals surface area contributed by atoms with Crippen molar-refractivity contribution in [1.82, 2.24) is 4.90 Å². The zero-order valence-electron chi connectivity index (χ0n) is 12.1. The van der Waals surface area contributed by atoms with Crippen molar-refractivity contribution in [2.45, 2.75) is 38.4 Å². The normalized spacial score (nSPS) is 22.9. The highest BCUT2D eigenvalue weighted by molar-refractivity contribution is 5.13. The van der Waals surface area contributed by atoms with Gasteiger partial charge in [-0.25, -0.2) is 0 Å². The fourth-order valence-electron chi connectivity index (χ4n) is 3.56. The summed E-state index contributed by atoms with van der Waals surface area (Å²) in [6.45, 7) is 4.89. The number of ether oxygens (including phenoxy) is 1. The van der Waals surface area contributed by atoms with E-state index in [1.54, 1.807) is 0 Å². The van der Waals surface area contributed by atoms with Gasteiger partial charge in [-0.15, -0.1) is 0 Å². The summed E-state index contributed by atoms with van der Waals surface area (Å²) in [6.07, 6.45) is 4.55. The Morgan fingerprint density at radius 2 is 1.85 bits per heavy atom. The van der Waals surface area contributed by atoms with Crippen LogP contribution in [0.15, 0.2) is 30.3 Å². The molecular weight excluding hydrogens is 250 g/mol. The number of hydrogen-bond donors (Lipinski definition) is 1. The average molecular weight is 275 g/mol. The first kappa shape index (κ1) is 14.1. The number of nitrogens with zero attached hydrogens (tertiary/aromatic N) is 1. The molecule has 1 aliphatic carbocycles. The van der Waals surface area contributed by atoms with E-state index in [1.807, 2.05) is 6.07 Å². The molecule has 3 heteroatoms. The van der Waals surface area contributed by atoms with E-state index in [1.165, 1.54) is 31.5 Å². The topological polar surface area (TPSA) is 32.7 Å². The van der Waals surface area contributed by atoms with Crippen molar-refractivity contribution >= 4 is 0 Å². The molecule has 2 aliphatic rings. The van der Waals surface area contributed by atoms with E-state index in [2.05, 4.69) is 29.2 Å². The summed E-state index contributed by atoms with van der Waals surface area (Å²) >= 11 is 0. The van der Waals surface area contributed by atoms with Gasteiger partial charge in [-0.3, -0.25) is 0 Å². The maximum absolute atomic E-state index is 9.48. The van der Waals surface area contributed by atoms with Crippen molar-refractivity contribution in [2.24, 2.45) is 5.41 Å². The molecule has 1 N–H and O–H groups in total. The predicted octanol–water partition coefficient (Wildman–Crippen LogP) is 2.44. The Labute approximate surface area is 121 Å². The lowest BCUT2D eigenvalue weighted by Gasteiger charge is -2.50.